The molecule has 0 atom stereocenters. The third-order valence-corrected chi connectivity index (χ3v) is 6.93. The summed E-state index contributed by atoms with van der Waals surface area (Å²) in [7, 11) is 0. The number of benzene rings is 3. The van der Waals surface area contributed by atoms with Crippen molar-refractivity contribution in [2.75, 3.05) is 31.5 Å². The summed E-state index contributed by atoms with van der Waals surface area (Å²) in [5, 5.41) is 8.08. The third-order valence-electron chi connectivity index (χ3n) is 6.93. The van der Waals surface area contributed by atoms with Crippen molar-refractivity contribution in [1.82, 2.24) is 24.4 Å². The second-order valence-electron chi connectivity index (χ2n) is 9.70. The number of carbonyl (C=O) groups excluding carboxylic acids is 1. The number of hydrogen-bond donors (Lipinski definition) is 1. The number of aryl methyl sites for hydroxylation is 1. The molecule has 6 rings (SSSR count). The number of piperazine rings is 1. The predicted molar refractivity (Wildman–Crippen MR) is 151 cm³/mol. The molecule has 1 aliphatic rings. The molecule has 1 fully saturated rings. The SMILES string of the molecule is Cc1cc2nc(-c3ccccc3)cc(Nc3ccc(C(=O)N4CCN(Cc5ccccc5)CC4)cc3)n2n1. The number of aromatic nitrogens is 3. The molecule has 0 bridgehead atoms. The Morgan fingerprint density at radius 2 is 1.53 bits per heavy atom. The van der Waals surface area contributed by atoms with Gasteiger partial charge in [-0.2, -0.15) is 9.61 Å². The largest absolute Gasteiger partial charge is 0.340 e. The quantitative estimate of drug-likeness (QED) is 0.337. The van der Waals surface area contributed by atoms with Gasteiger partial charge in [-0.15, -0.1) is 0 Å². The van der Waals surface area contributed by atoms with Gasteiger partial charge in [-0.3, -0.25) is 9.69 Å². The summed E-state index contributed by atoms with van der Waals surface area (Å²) >= 11 is 0. The number of hydrogen-bond acceptors (Lipinski definition) is 5. The maximum absolute atomic E-state index is 13.2. The van der Waals surface area contributed by atoms with E-state index in [1.807, 2.05) is 89.1 Å². The molecule has 0 radical (unpaired) electrons. The van der Waals surface area contributed by atoms with Gasteiger partial charge in [0.2, 0.25) is 0 Å². The fourth-order valence-electron chi connectivity index (χ4n) is 4.91. The molecule has 7 nitrogen and oxygen atoms in total. The summed E-state index contributed by atoms with van der Waals surface area (Å²) in [6, 6.07) is 32.3. The fourth-order valence-corrected chi connectivity index (χ4v) is 4.91. The van der Waals surface area contributed by atoms with E-state index in [1.54, 1.807) is 0 Å². The smallest absolute Gasteiger partial charge is 0.253 e. The lowest BCUT2D eigenvalue weighted by Gasteiger charge is -2.34. The molecule has 190 valence electrons. The zero-order valence-corrected chi connectivity index (χ0v) is 21.4. The molecule has 0 aliphatic carbocycles. The van der Waals surface area contributed by atoms with Gasteiger partial charge in [-0.05, 0) is 36.8 Å². The second kappa shape index (κ2) is 10.5. The molecule has 1 amide bonds. The molecule has 38 heavy (non-hydrogen) atoms. The maximum atomic E-state index is 13.2. The summed E-state index contributed by atoms with van der Waals surface area (Å²) in [6.45, 7) is 6.12. The van der Waals surface area contributed by atoms with Gasteiger partial charge < -0.3 is 10.2 Å². The van der Waals surface area contributed by atoms with E-state index in [0.29, 0.717) is 5.56 Å². The van der Waals surface area contributed by atoms with Crippen molar-refractivity contribution in [2.24, 2.45) is 0 Å². The van der Waals surface area contributed by atoms with E-state index < -0.39 is 0 Å². The highest BCUT2D eigenvalue weighted by Gasteiger charge is 2.22. The highest BCUT2D eigenvalue weighted by Crippen LogP contribution is 2.25. The lowest BCUT2D eigenvalue weighted by atomic mass is 10.1. The van der Waals surface area contributed by atoms with Crippen molar-refractivity contribution in [1.29, 1.82) is 0 Å². The molecule has 0 saturated carbocycles. The van der Waals surface area contributed by atoms with Gasteiger partial charge in [0.15, 0.2) is 5.65 Å². The van der Waals surface area contributed by atoms with Crippen LogP contribution < -0.4 is 5.32 Å². The molecule has 5 aromatic rings. The Morgan fingerprint density at radius 1 is 0.842 bits per heavy atom. The molecule has 2 aromatic heterocycles. The molecule has 1 saturated heterocycles. The Balaban J connectivity index is 1.14. The number of fused-ring (bicyclic) bond motifs is 1. The summed E-state index contributed by atoms with van der Waals surface area (Å²) in [4.78, 5) is 22.3. The minimum Gasteiger partial charge on any atom is -0.340 e. The van der Waals surface area contributed by atoms with Gasteiger partial charge in [0.05, 0.1) is 11.4 Å². The van der Waals surface area contributed by atoms with Crippen molar-refractivity contribution in [3.63, 3.8) is 0 Å². The van der Waals surface area contributed by atoms with Crippen LogP contribution in [0.1, 0.15) is 21.6 Å². The molecular weight excluding hydrogens is 472 g/mol. The van der Waals surface area contributed by atoms with Crippen LogP contribution in [0.25, 0.3) is 16.9 Å². The minimum absolute atomic E-state index is 0.0799. The number of anilines is 2. The number of rotatable bonds is 6. The third kappa shape index (κ3) is 5.14. The first-order chi connectivity index (χ1) is 18.6. The topological polar surface area (TPSA) is 65.8 Å². The monoisotopic (exact) mass is 502 g/mol. The zero-order chi connectivity index (χ0) is 25.9. The van der Waals surface area contributed by atoms with Crippen LogP contribution in [0.5, 0.6) is 0 Å². The summed E-state index contributed by atoms with van der Waals surface area (Å²) in [5.41, 5.74) is 6.49. The Morgan fingerprint density at radius 3 is 2.24 bits per heavy atom. The van der Waals surface area contributed by atoms with Crippen LogP contribution in [0, 0.1) is 6.92 Å². The summed E-state index contributed by atoms with van der Waals surface area (Å²) < 4.78 is 1.82. The van der Waals surface area contributed by atoms with Crippen LogP contribution in [-0.2, 0) is 6.54 Å². The van der Waals surface area contributed by atoms with Gasteiger partial charge in [0.1, 0.15) is 5.82 Å². The van der Waals surface area contributed by atoms with Crippen LogP contribution in [0.2, 0.25) is 0 Å². The first kappa shape index (κ1) is 23.9. The lowest BCUT2D eigenvalue weighted by Crippen LogP contribution is -2.48. The molecule has 3 heterocycles. The summed E-state index contributed by atoms with van der Waals surface area (Å²) in [5.74, 6) is 0.895. The van der Waals surface area contributed by atoms with Crippen molar-refractivity contribution < 1.29 is 4.79 Å². The van der Waals surface area contributed by atoms with Crippen LogP contribution in [0.15, 0.2) is 97.1 Å². The van der Waals surface area contributed by atoms with E-state index in [0.717, 1.165) is 66.8 Å². The van der Waals surface area contributed by atoms with Gasteiger partial charge in [0.25, 0.3) is 5.91 Å². The predicted octanol–water partition coefficient (Wildman–Crippen LogP) is 5.41. The number of nitrogens with one attached hydrogen (secondary N) is 1. The Labute approximate surface area is 222 Å². The normalized spacial score (nSPS) is 14.1. The van der Waals surface area contributed by atoms with Gasteiger partial charge >= 0.3 is 0 Å². The van der Waals surface area contributed by atoms with Crippen LogP contribution >= 0.6 is 0 Å². The Hall–Kier alpha value is -4.49. The van der Waals surface area contributed by atoms with E-state index in [-0.39, 0.29) is 5.91 Å². The first-order valence-electron chi connectivity index (χ1n) is 13.0. The average molecular weight is 503 g/mol. The maximum Gasteiger partial charge on any atom is 0.253 e. The molecule has 3 aromatic carbocycles. The van der Waals surface area contributed by atoms with Crippen molar-refractivity contribution >= 4 is 23.1 Å². The minimum atomic E-state index is 0.0799. The van der Waals surface area contributed by atoms with Crippen LogP contribution in [0.3, 0.4) is 0 Å². The van der Waals surface area contributed by atoms with Crippen molar-refractivity contribution in [3.8, 4) is 11.3 Å². The van der Waals surface area contributed by atoms with Crippen molar-refractivity contribution in [2.45, 2.75) is 13.5 Å². The number of amides is 1. The van der Waals surface area contributed by atoms with Gasteiger partial charge in [-0.1, -0.05) is 60.7 Å². The second-order valence-corrected chi connectivity index (χ2v) is 9.70. The number of carbonyl (C=O) groups is 1. The first-order valence-corrected chi connectivity index (χ1v) is 13.0. The Kier molecular flexibility index (Phi) is 6.58. The van der Waals surface area contributed by atoms with E-state index in [1.165, 1.54) is 5.56 Å². The number of nitrogens with zero attached hydrogens (tertiary/aromatic N) is 5. The molecule has 0 unspecified atom stereocenters. The molecule has 0 spiro atoms. The van der Waals surface area contributed by atoms with Crippen molar-refractivity contribution in [3.05, 3.63) is 114 Å². The standard InChI is InChI=1S/C31H30N6O/c1-23-20-29-33-28(25-10-6-3-7-11-25)21-30(37(29)34-23)32-27-14-12-26(13-15-27)31(38)36-18-16-35(17-19-36)22-24-8-4-2-5-9-24/h2-15,20-21,32H,16-19,22H2,1H3. The average Bonchev–Trinajstić information content (AvgIpc) is 3.35. The molecular formula is C31H30N6O. The van der Waals surface area contributed by atoms with Crippen LogP contribution in [0.4, 0.5) is 11.5 Å². The van der Waals surface area contributed by atoms with Crippen LogP contribution in [-0.4, -0.2) is 56.5 Å². The molecule has 7 heteroatoms. The fraction of sp³-hybridized carbons (Fsp3) is 0.194. The van der Waals surface area contributed by atoms with E-state index in [4.69, 9.17) is 4.98 Å². The molecule has 1 aliphatic heterocycles. The summed E-state index contributed by atoms with van der Waals surface area (Å²) in [6.07, 6.45) is 0. The Bertz CT molecular complexity index is 1540. The lowest BCUT2D eigenvalue weighted by molar-refractivity contribution is 0.0628. The van der Waals surface area contributed by atoms with E-state index in [2.05, 4.69) is 39.6 Å². The zero-order valence-electron chi connectivity index (χ0n) is 21.4. The van der Waals surface area contributed by atoms with Gasteiger partial charge in [0, 0.05) is 61.7 Å². The van der Waals surface area contributed by atoms with Gasteiger partial charge in [-0.25, -0.2) is 4.98 Å². The highest BCUT2D eigenvalue weighted by molar-refractivity contribution is 5.94. The van der Waals surface area contributed by atoms with E-state index in [9.17, 15) is 4.79 Å². The molecule has 1 N–H and O–H groups in total. The van der Waals surface area contributed by atoms with E-state index >= 15 is 0 Å². The highest BCUT2D eigenvalue weighted by atomic mass is 16.2.